The molecule has 0 radical (unpaired) electrons. The number of sulfonamides is 1. The normalized spacial score (nSPS) is 11.3. The second-order valence-corrected chi connectivity index (χ2v) is 10.9. The van der Waals surface area contributed by atoms with Gasteiger partial charge in [0.2, 0.25) is 0 Å². The van der Waals surface area contributed by atoms with Crippen LogP contribution in [0.1, 0.15) is 30.5 Å². The van der Waals surface area contributed by atoms with Crippen molar-refractivity contribution in [3.8, 4) is 11.5 Å². The van der Waals surface area contributed by atoms with Gasteiger partial charge in [-0.15, -0.1) is 0 Å². The van der Waals surface area contributed by atoms with Crippen molar-refractivity contribution in [2.45, 2.75) is 31.8 Å². The number of aryl methyl sites for hydroxylation is 1. The standard InChI is InChI=1S/C32H33N3O5S/c1-3-25-15-18-28(19-16-25)35(41(37,38)29-13-9-6-10-14-29)23-32(36)34-33-22-27-17-20-30(31(21-27)39-4-2)40-24-26-11-7-5-8-12-26/h5-22H,3-4,23-24H2,1-2H3,(H,34,36)/b33-22-. The zero-order chi connectivity index (χ0) is 29.1. The zero-order valence-electron chi connectivity index (χ0n) is 23.1. The summed E-state index contributed by atoms with van der Waals surface area (Å²) in [6, 6.07) is 30.3. The molecule has 0 unspecified atom stereocenters. The first kappa shape index (κ1) is 29.4. The van der Waals surface area contributed by atoms with Gasteiger partial charge in [0.1, 0.15) is 13.2 Å². The predicted octanol–water partition coefficient (Wildman–Crippen LogP) is 5.57. The van der Waals surface area contributed by atoms with E-state index in [1.165, 1.54) is 18.3 Å². The Morgan fingerprint density at radius 2 is 1.51 bits per heavy atom. The van der Waals surface area contributed by atoms with Crippen LogP contribution in [-0.2, 0) is 27.8 Å². The molecule has 4 aromatic carbocycles. The van der Waals surface area contributed by atoms with Crippen LogP contribution in [0.25, 0.3) is 0 Å². The van der Waals surface area contributed by atoms with E-state index in [-0.39, 0.29) is 4.90 Å². The van der Waals surface area contributed by atoms with E-state index in [0.29, 0.717) is 36.0 Å². The maximum absolute atomic E-state index is 13.5. The molecule has 0 aliphatic rings. The zero-order valence-corrected chi connectivity index (χ0v) is 23.9. The quantitative estimate of drug-likeness (QED) is 0.167. The van der Waals surface area contributed by atoms with Gasteiger partial charge in [0.05, 0.1) is 23.4 Å². The van der Waals surface area contributed by atoms with Crippen molar-refractivity contribution < 1.29 is 22.7 Å². The van der Waals surface area contributed by atoms with Gasteiger partial charge in [0.25, 0.3) is 15.9 Å². The number of benzene rings is 4. The minimum atomic E-state index is -4.00. The number of amides is 1. The molecule has 0 aliphatic heterocycles. The molecule has 41 heavy (non-hydrogen) atoms. The van der Waals surface area contributed by atoms with Crippen LogP contribution in [0.5, 0.6) is 11.5 Å². The highest BCUT2D eigenvalue weighted by Gasteiger charge is 2.27. The van der Waals surface area contributed by atoms with Crippen molar-refractivity contribution in [2.24, 2.45) is 5.10 Å². The summed E-state index contributed by atoms with van der Waals surface area (Å²) in [5.41, 5.74) is 5.59. The van der Waals surface area contributed by atoms with Crippen LogP contribution >= 0.6 is 0 Å². The lowest BCUT2D eigenvalue weighted by molar-refractivity contribution is -0.119. The Bertz CT molecular complexity index is 1560. The Morgan fingerprint density at radius 3 is 2.17 bits per heavy atom. The number of carbonyl (C=O) groups excluding carboxylic acids is 1. The molecule has 0 aromatic heterocycles. The minimum absolute atomic E-state index is 0.0916. The molecule has 0 atom stereocenters. The number of ether oxygens (including phenoxy) is 2. The number of hydrogen-bond donors (Lipinski definition) is 1. The molecule has 0 aliphatic carbocycles. The Labute approximate surface area is 241 Å². The molecule has 4 rings (SSSR count). The summed E-state index contributed by atoms with van der Waals surface area (Å²) in [6.07, 6.45) is 2.28. The molecular weight excluding hydrogens is 538 g/mol. The van der Waals surface area contributed by atoms with Crippen molar-refractivity contribution in [1.82, 2.24) is 5.43 Å². The fourth-order valence-corrected chi connectivity index (χ4v) is 5.45. The maximum atomic E-state index is 13.5. The minimum Gasteiger partial charge on any atom is -0.490 e. The van der Waals surface area contributed by atoms with E-state index >= 15 is 0 Å². The molecule has 0 saturated carbocycles. The van der Waals surface area contributed by atoms with Gasteiger partial charge >= 0.3 is 0 Å². The maximum Gasteiger partial charge on any atom is 0.264 e. The topological polar surface area (TPSA) is 97.3 Å². The summed E-state index contributed by atoms with van der Waals surface area (Å²) in [5.74, 6) is 0.551. The largest absolute Gasteiger partial charge is 0.490 e. The molecule has 0 heterocycles. The highest BCUT2D eigenvalue weighted by Crippen LogP contribution is 2.29. The molecule has 8 nitrogen and oxygen atoms in total. The summed E-state index contributed by atoms with van der Waals surface area (Å²) in [4.78, 5) is 13.0. The summed E-state index contributed by atoms with van der Waals surface area (Å²) in [6.45, 7) is 4.29. The Balaban J connectivity index is 1.46. The SMILES string of the molecule is CCOc1cc(/C=N\NC(=O)CN(c2ccc(CC)cc2)S(=O)(=O)c2ccccc2)ccc1OCc1ccccc1. The Morgan fingerprint density at radius 1 is 0.829 bits per heavy atom. The van der Waals surface area contributed by atoms with E-state index in [2.05, 4.69) is 10.5 Å². The van der Waals surface area contributed by atoms with Crippen LogP contribution in [0, 0.1) is 0 Å². The molecule has 0 spiro atoms. The van der Waals surface area contributed by atoms with Crippen LogP contribution in [0.15, 0.2) is 113 Å². The van der Waals surface area contributed by atoms with Gasteiger partial charge in [-0.05, 0) is 72.5 Å². The number of hydrazone groups is 1. The third kappa shape index (κ3) is 7.95. The first-order valence-corrected chi connectivity index (χ1v) is 14.8. The number of rotatable bonds is 13. The van der Waals surface area contributed by atoms with E-state index in [0.717, 1.165) is 21.9 Å². The lowest BCUT2D eigenvalue weighted by atomic mass is 10.1. The monoisotopic (exact) mass is 571 g/mol. The van der Waals surface area contributed by atoms with Gasteiger partial charge < -0.3 is 9.47 Å². The molecule has 9 heteroatoms. The molecule has 212 valence electrons. The smallest absolute Gasteiger partial charge is 0.264 e. The first-order valence-electron chi connectivity index (χ1n) is 13.3. The van der Waals surface area contributed by atoms with E-state index in [4.69, 9.17) is 9.47 Å². The molecule has 0 saturated heterocycles. The van der Waals surface area contributed by atoms with Crippen LogP contribution in [0.4, 0.5) is 5.69 Å². The summed E-state index contributed by atoms with van der Waals surface area (Å²) < 4.78 is 39.7. The highest BCUT2D eigenvalue weighted by atomic mass is 32.2. The fourth-order valence-electron chi connectivity index (χ4n) is 4.01. The number of nitrogens with zero attached hydrogens (tertiary/aromatic N) is 2. The van der Waals surface area contributed by atoms with Crippen molar-refractivity contribution >= 4 is 27.8 Å². The van der Waals surface area contributed by atoms with Gasteiger partial charge in [-0.1, -0.05) is 67.6 Å². The lowest BCUT2D eigenvalue weighted by Gasteiger charge is -2.24. The second kappa shape index (κ2) is 14.1. The van der Waals surface area contributed by atoms with Gasteiger partial charge in [-0.3, -0.25) is 9.10 Å². The molecule has 1 N–H and O–H groups in total. The van der Waals surface area contributed by atoms with Gasteiger partial charge in [-0.25, -0.2) is 13.8 Å². The molecule has 0 fully saturated rings. The molecular formula is C32H33N3O5S. The number of hydrogen-bond acceptors (Lipinski definition) is 6. The van der Waals surface area contributed by atoms with Crippen LogP contribution < -0.4 is 19.2 Å². The Kier molecular flexibility index (Phi) is 10.1. The van der Waals surface area contributed by atoms with Crippen molar-refractivity contribution in [3.63, 3.8) is 0 Å². The summed E-state index contributed by atoms with van der Waals surface area (Å²) in [5, 5.41) is 4.05. The summed E-state index contributed by atoms with van der Waals surface area (Å²) in [7, 11) is -4.00. The van der Waals surface area contributed by atoms with E-state index < -0.39 is 22.5 Å². The first-order chi connectivity index (χ1) is 19.9. The molecule has 1 amide bonds. The number of carbonyl (C=O) groups is 1. The third-order valence-corrected chi connectivity index (χ3v) is 7.95. The molecule has 4 aromatic rings. The third-order valence-electron chi connectivity index (χ3n) is 6.16. The van der Waals surface area contributed by atoms with Crippen LogP contribution in [0.2, 0.25) is 0 Å². The van der Waals surface area contributed by atoms with E-state index in [1.54, 1.807) is 48.5 Å². The van der Waals surface area contributed by atoms with Crippen molar-refractivity contribution in [1.29, 1.82) is 0 Å². The predicted molar refractivity (Wildman–Crippen MR) is 161 cm³/mol. The Hall–Kier alpha value is -4.63. The van der Waals surface area contributed by atoms with Gasteiger partial charge in [0, 0.05) is 0 Å². The van der Waals surface area contributed by atoms with Crippen molar-refractivity contribution in [2.75, 3.05) is 17.5 Å². The van der Waals surface area contributed by atoms with E-state index in [9.17, 15) is 13.2 Å². The van der Waals surface area contributed by atoms with E-state index in [1.807, 2.05) is 56.3 Å². The van der Waals surface area contributed by atoms with Gasteiger partial charge in [-0.2, -0.15) is 5.10 Å². The lowest BCUT2D eigenvalue weighted by Crippen LogP contribution is -2.39. The average molecular weight is 572 g/mol. The van der Waals surface area contributed by atoms with Gasteiger partial charge in [0.15, 0.2) is 11.5 Å². The van der Waals surface area contributed by atoms with Crippen molar-refractivity contribution in [3.05, 3.63) is 120 Å². The average Bonchev–Trinajstić information content (AvgIpc) is 3.00. The summed E-state index contributed by atoms with van der Waals surface area (Å²) >= 11 is 0. The number of anilines is 1. The fraction of sp³-hybridized carbons (Fsp3) is 0.188. The molecule has 0 bridgehead atoms. The second-order valence-electron chi connectivity index (χ2n) is 9.05. The van der Waals surface area contributed by atoms with Crippen LogP contribution in [-0.4, -0.2) is 33.7 Å². The van der Waals surface area contributed by atoms with Crippen LogP contribution in [0.3, 0.4) is 0 Å². The highest BCUT2D eigenvalue weighted by molar-refractivity contribution is 7.92. The number of nitrogens with one attached hydrogen (secondary N) is 1.